The SMILES string of the molecule is CCCCCCCCCCCCCCCC[N+](CCCCCCCCCCCCCCCC)(CCCCCCCCCCCCCCCC)c1ccccc1. The Morgan fingerprint density at radius 2 is 0.418 bits per heavy atom. The molecule has 0 saturated heterocycles. The molecule has 0 radical (unpaired) electrons. The summed E-state index contributed by atoms with van der Waals surface area (Å²) in [6.07, 6.45) is 60.9. The lowest BCUT2D eigenvalue weighted by Gasteiger charge is -2.39. The predicted octanol–water partition coefficient (Wildman–Crippen LogP) is 19.4. The minimum atomic E-state index is 1.26. The Hall–Kier alpha value is -0.820. The highest BCUT2D eigenvalue weighted by molar-refractivity contribution is 5.42. The lowest BCUT2D eigenvalue weighted by Crippen LogP contribution is -2.51. The van der Waals surface area contributed by atoms with Gasteiger partial charge in [-0.3, -0.25) is 4.48 Å². The first-order chi connectivity index (χ1) is 27.3. The van der Waals surface area contributed by atoms with Crippen molar-refractivity contribution in [2.24, 2.45) is 0 Å². The van der Waals surface area contributed by atoms with Crippen LogP contribution in [0.2, 0.25) is 0 Å². The average molecular weight is 767 g/mol. The molecule has 1 nitrogen and oxygen atoms in total. The van der Waals surface area contributed by atoms with Gasteiger partial charge in [-0.2, -0.15) is 0 Å². The summed E-state index contributed by atoms with van der Waals surface area (Å²) >= 11 is 0. The molecule has 0 amide bonds. The first kappa shape index (κ1) is 52.2. The molecule has 0 unspecified atom stereocenters. The maximum absolute atomic E-state index is 2.48. The Balaban J connectivity index is 2.46. The smallest absolute Gasteiger partial charge is 0.132 e. The number of hydrogen-bond acceptors (Lipinski definition) is 0. The Labute approximate surface area is 349 Å². The van der Waals surface area contributed by atoms with E-state index < -0.39 is 0 Å². The minimum Gasteiger partial charge on any atom is -0.291 e. The maximum atomic E-state index is 2.48. The molecule has 0 aromatic heterocycles. The summed E-state index contributed by atoms with van der Waals surface area (Å²) in [6.45, 7) is 11.0. The highest BCUT2D eigenvalue weighted by atomic mass is 15.4. The van der Waals surface area contributed by atoms with Gasteiger partial charge in [0.2, 0.25) is 0 Å². The van der Waals surface area contributed by atoms with Gasteiger partial charge < -0.3 is 0 Å². The van der Waals surface area contributed by atoms with E-state index in [1.165, 1.54) is 294 Å². The molecule has 1 rings (SSSR count). The first-order valence-electron chi connectivity index (χ1n) is 26.2. The molecule has 1 heteroatoms. The summed E-state index contributed by atoms with van der Waals surface area (Å²) in [7, 11) is 0. The first-order valence-corrected chi connectivity index (χ1v) is 26.2. The third kappa shape index (κ3) is 33.8. The monoisotopic (exact) mass is 767 g/mol. The van der Waals surface area contributed by atoms with Crippen LogP contribution in [0.25, 0.3) is 0 Å². The fraction of sp³-hybridized carbons (Fsp3) is 0.889. The Kier molecular flexibility index (Phi) is 40.6. The zero-order chi connectivity index (χ0) is 39.4. The quantitative estimate of drug-likeness (QED) is 0.0458. The molecular formula is C54H104N+. The molecule has 0 saturated carbocycles. The summed E-state index contributed by atoms with van der Waals surface area (Å²) in [4.78, 5) is 0. The molecule has 0 spiro atoms. The van der Waals surface area contributed by atoms with Crippen molar-refractivity contribution in [2.75, 3.05) is 19.6 Å². The number of nitrogens with zero attached hydrogens (tertiary/aromatic N) is 1. The molecule has 0 aliphatic heterocycles. The van der Waals surface area contributed by atoms with E-state index in [1.54, 1.807) is 5.69 Å². The standard InChI is InChI=1S/C54H104N/c1-4-7-10-13-16-19-22-25-28-31-34-37-40-46-51-55(54-49-44-43-45-50-54,52-47-41-38-35-32-29-26-23-20-17-14-11-8-5-2)53-48-42-39-36-33-30-27-24-21-18-15-12-9-6-3/h43-45,49-50H,4-42,46-48,51-53H2,1-3H3/q+1. The van der Waals surface area contributed by atoms with E-state index in [4.69, 9.17) is 0 Å². The Morgan fingerprint density at radius 1 is 0.236 bits per heavy atom. The molecule has 0 heterocycles. The van der Waals surface area contributed by atoms with Gasteiger partial charge in [-0.25, -0.2) is 0 Å². The van der Waals surface area contributed by atoms with Crippen LogP contribution in [0.1, 0.15) is 290 Å². The third-order valence-electron chi connectivity index (χ3n) is 13.1. The molecule has 0 N–H and O–H groups in total. The molecular weight excluding hydrogens is 663 g/mol. The van der Waals surface area contributed by atoms with Gasteiger partial charge in [-0.1, -0.05) is 270 Å². The fourth-order valence-electron chi connectivity index (χ4n) is 9.29. The number of unbranched alkanes of at least 4 members (excludes halogenated alkanes) is 39. The molecule has 0 fully saturated rings. The van der Waals surface area contributed by atoms with E-state index in [2.05, 4.69) is 51.1 Å². The van der Waals surface area contributed by atoms with Crippen molar-refractivity contribution in [3.05, 3.63) is 30.3 Å². The molecule has 324 valence electrons. The highest BCUT2D eigenvalue weighted by Gasteiger charge is 2.29. The molecule has 0 atom stereocenters. The summed E-state index contributed by atoms with van der Waals surface area (Å²) in [5, 5.41) is 0. The van der Waals surface area contributed by atoms with Gasteiger partial charge in [-0.15, -0.1) is 0 Å². The van der Waals surface area contributed by atoms with Crippen LogP contribution >= 0.6 is 0 Å². The number of quaternary nitrogens is 1. The third-order valence-corrected chi connectivity index (χ3v) is 13.1. The van der Waals surface area contributed by atoms with E-state index in [-0.39, 0.29) is 0 Å². The largest absolute Gasteiger partial charge is 0.291 e. The average Bonchev–Trinajstić information content (AvgIpc) is 3.21. The van der Waals surface area contributed by atoms with Crippen molar-refractivity contribution >= 4 is 5.69 Å². The number of rotatable bonds is 46. The van der Waals surface area contributed by atoms with Gasteiger partial charge in [0.15, 0.2) is 0 Å². The summed E-state index contributed by atoms with van der Waals surface area (Å²) in [5.41, 5.74) is 1.61. The lowest BCUT2D eigenvalue weighted by atomic mass is 10.0. The van der Waals surface area contributed by atoms with E-state index in [0.29, 0.717) is 0 Å². The molecule has 0 bridgehead atoms. The Morgan fingerprint density at radius 3 is 0.618 bits per heavy atom. The van der Waals surface area contributed by atoms with E-state index in [9.17, 15) is 0 Å². The van der Waals surface area contributed by atoms with E-state index in [1.807, 2.05) is 0 Å². The maximum Gasteiger partial charge on any atom is 0.132 e. The predicted molar refractivity (Wildman–Crippen MR) is 254 cm³/mol. The second-order valence-corrected chi connectivity index (χ2v) is 18.4. The van der Waals surface area contributed by atoms with Crippen molar-refractivity contribution in [1.29, 1.82) is 0 Å². The second kappa shape index (κ2) is 42.8. The van der Waals surface area contributed by atoms with Crippen molar-refractivity contribution in [2.45, 2.75) is 290 Å². The molecule has 55 heavy (non-hydrogen) atoms. The number of benzene rings is 1. The highest BCUT2D eigenvalue weighted by Crippen LogP contribution is 2.28. The van der Waals surface area contributed by atoms with Gasteiger partial charge in [0.05, 0.1) is 19.6 Å². The minimum absolute atomic E-state index is 1.26. The van der Waals surface area contributed by atoms with Crippen LogP contribution in [0.4, 0.5) is 5.69 Å². The molecule has 0 aliphatic carbocycles. The van der Waals surface area contributed by atoms with Crippen molar-refractivity contribution in [3.8, 4) is 0 Å². The van der Waals surface area contributed by atoms with Crippen LogP contribution < -0.4 is 4.48 Å². The fourth-order valence-corrected chi connectivity index (χ4v) is 9.29. The van der Waals surface area contributed by atoms with Crippen LogP contribution in [-0.2, 0) is 0 Å². The molecule has 1 aromatic rings. The van der Waals surface area contributed by atoms with Gasteiger partial charge in [0.1, 0.15) is 5.69 Å². The summed E-state index contributed by atoms with van der Waals surface area (Å²) in [5.74, 6) is 0. The van der Waals surface area contributed by atoms with Crippen LogP contribution in [0, 0.1) is 0 Å². The van der Waals surface area contributed by atoms with E-state index in [0.717, 1.165) is 0 Å². The lowest BCUT2D eigenvalue weighted by molar-refractivity contribution is 0.252. The van der Waals surface area contributed by atoms with Gasteiger partial charge in [0.25, 0.3) is 0 Å². The number of para-hydroxylation sites is 1. The van der Waals surface area contributed by atoms with Crippen LogP contribution in [-0.4, -0.2) is 19.6 Å². The van der Waals surface area contributed by atoms with Crippen LogP contribution in [0.15, 0.2) is 30.3 Å². The summed E-state index contributed by atoms with van der Waals surface area (Å²) in [6, 6.07) is 11.9. The zero-order valence-corrected chi connectivity index (χ0v) is 38.7. The normalized spacial score (nSPS) is 11.9. The van der Waals surface area contributed by atoms with Crippen molar-refractivity contribution in [3.63, 3.8) is 0 Å². The zero-order valence-electron chi connectivity index (χ0n) is 38.7. The van der Waals surface area contributed by atoms with Gasteiger partial charge in [-0.05, 0) is 50.7 Å². The summed E-state index contributed by atoms with van der Waals surface area (Å²) < 4.78 is 1.26. The molecule has 1 aromatic carbocycles. The van der Waals surface area contributed by atoms with Gasteiger partial charge in [0, 0.05) is 0 Å². The van der Waals surface area contributed by atoms with Gasteiger partial charge >= 0.3 is 0 Å². The second-order valence-electron chi connectivity index (χ2n) is 18.4. The van der Waals surface area contributed by atoms with Crippen LogP contribution in [0.5, 0.6) is 0 Å². The Bertz CT molecular complexity index is 752. The topological polar surface area (TPSA) is 0 Å². The van der Waals surface area contributed by atoms with Crippen LogP contribution in [0.3, 0.4) is 0 Å². The molecule has 0 aliphatic rings. The van der Waals surface area contributed by atoms with Crippen molar-refractivity contribution in [1.82, 2.24) is 4.48 Å². The van der Waals surface area contributed by atoms with E-state index >= 15 is 0 Å². The van der Waals surface area contributed by atoms with Crippen molar-refractivity contribution < 1.29 is 0 Å². The number of hydrogen-bond donors (Lipinski definition) is 0.